The molecule has 1 aliphatic rings. The number of fused-ring (bicyclic) bond motifs is 1. The molecule has 0 spiro atoms. The van der Waals surface area contributed by atoms with Gasteiger partial charge in [0.05, 0.1) is 18.3 Å². The van der Waals surface area contributed by atoms with Crippen molar-refractivity contribution in [2.24, 2.45) is 5.41 Å². The number of aliphatic hydroxyl groups is 1. The molecule has 0 bridgehead atoms. The van der Waals surface area contributed by atoms with E-state index < -0.39 is 17.7 Å². The third kappa shape index (κ3) is 4.09. The van der Waals surface area contributed by atoms with Crippen LogP contribution in [0.4, 0.5) is 8.78 Å². The molecule has 0 aliphatic carbocycles. The minimum atomic E-state index is -0.942. The number of imidazole rings is 1. The van der Waals surface area contributed by atoms with E-state index in [0.29, 0.717) is 30.0 Å². The Morgan fingerprint density at radius 1 is 1.25 bits per heavy atom. The van der Waals surface area contributed by atoms with Crippen molar-refractivity contribution in [3.63, 3.8) is 0 Å². The minimum absolute atomic E-state index is 0.179. The van der Waals surface area contributed by atoms with Crippen LogP contribution in [0.2, 0.25) is 0 Å². The lowest BCUT2D eigenvalue weighted by atomic mass is 9.87. The summed E-state index contributed by atoms with van der Waals surface area (Å²) in [7, 11) is 0. The van der Waals surface area contributed by atoms with Crippen LogP contribution in [0.5, 0.6) is 0 Å². The largest absolute Gasteiger partial charge is 0.394 e. The third-order valence-electron chi connectivity index (χ3n) is 5.29. The van der Waals surface area contributed by atoms with E-state index in [1.807, 2.05) is 25.3 Å². The van der Waals surface area contributed by atoms with Gasteiger partial charge >= 0.3 is 0 Å². The van der Waals surface area contributed by atoms with Crippen LogP contribution in [0.1, 0.15) is 56.2 Å². The van der Waals surface area contributed by atoms with Crippen LogP contribution in [0.25, 0.3) is 11.4 Å². The van der Waals surface area contributed by atoms with Crippen LogP contribution in [0.15, 0.2) is 18.2 Å². The monoisotopic (exact) mass is 391 g/mol. The molecular weight excluding hydrogens is 364 g/mol. The maximum absolute atomic E-state index is 13.8. The van der Waals surface area contributed by atoms with Crippen molar-refractivity contribution in [1.82, 2.24) is 14.9 Å². The van der Waals surface area contributed by atoms with Crippen molar-refractivity contribution < 1.29 is 18.7 Å². The zero-order valence-corrected chi connectivity index (χ0v) is 16.6. The average Bonchev–Trinajstić information content (AvgIpc) is 2.82. The molecular formula is C21H27F2N3O2. The van der Waals surface area contributed by atoms with Gasteiger partial charge in [0.25, 0.3) is 5.91 Å². The normalized spacial score (nSPS) is 15.6. The van der Waals surface area contributed by atoms with Crippen molar-refractivity contribution >= 4 is 5.91 Å². The van der Waals surface area contributed by atoms with Crippen LogP contribution in [0, 0.1) is 17.0 Å². The molecule has 1 atom stereocenters. The van der Waals surface area contributed by atoms with Gasteiger partial charge < -0.3 is 15.0 Å². The van der Waals surface area contributed by atoms with Crippen LogP contribution < -0.4 is 5.32 Å². The Labute approximate surface area is 163 Å². The lowest BCUT2D eigenvalue weighted by molar-refractivity contribution is 0.0842. The van der Waals surface area contributed by atoms with Gasteiger partial charge in [-0.25, -0.2) is 13.8 Å². The molecule has 152 valence electrons. The van der Waals surface area contributed by atoms with Gasteiger partial charge in [-0.1, -0.05) is 27.2 Å². The van der Waals surface area contributed by atoms with Crippen molar-refractivity contribution in [3.8, 4) is 11.4 Å². The van der Waals surface area contributed by atoms with Crippen LogP contribution in [-0.4, -0.2) is 33.2 Å². The number of benzene rings is 1. The van der Waals surface area contributed by atoms with Gasteiger partial charge in [-0.2, -0.15) is 0 Å². The van der Waals surface area contributed by atoms with Crippen molar-refractivity contribution in [2.45, 2.75) is 59.0 Å². The highest BCUT2D eigenvalue weighted by Crippen LogP contribution is 2.28. The number of amides is 1. The van der Waals surface area contributed by atoms with Crippen LogP contribution in [-0.2, 0) is 13.0 Å². The zero-order valence-electron chi connectivity index (χ0n) is 16.6. The van der Waals surface area contributed by atoms with Crippen molar-refractivity contribution in [2.75, 3.05) is 6.61 Å². The Kier molecular flexibility index (Phi) is 5.84. The van der Waals surface area contributed by atoms with Gasteiger partial charge in [-0.3, -0.25) is 4.79 Å². The van der Waals surface area contributed by atoms with Gasteiger partial charge in [0.1, 0.15) is 11.5 Å². The van der Waals surface area contributed by atoms with E-state index in [1.54, 1.807) is 0 Å². The highest BCUT2D eigenvalue weighted by Gasteiger charge is 2.30. The molecule has 2 heterocycles. The van der Waals surface area contributed by atoms with Gasteiger partial charge in [0, 0.05) is 12.1 Å². The fourth-order valence-electron chi connectivity index (χ4n) is 3.52. The van der Waals surface area contributed by atoms with Crippen molar-refractivity contribution in [3.05, 3.63) is 41.2 Å². The van der Waals surface area contributed by atoms with Crippen molar-refractivity contribution in [1.29, 1.82) is 0 Å². The van der Waals surface area contributed by atoms with Gasteiger partial charge in [0.15, 0.2) is 11.6 Å². The lowest BCUT2D eigenvalue weighted by Gasteiger charge is -2.29. The Balaban J connectivity index is 2.03. The van der Waals surface area contributed by atoms with E-state index in [-0.39, 0.29) is 17.9 Å². The van der Waals surface area contributed by atoms with E-state index >= 15 is 0 Å². The predicted octanol–water partition coefficient (Wildman–Crippen LogP) is 3.69. The number of nitrogens with zero attached hydrogens (tertiary/aromatic N) is 2. The van der Waals surface area contributed by atoms with E-state index in [0.717, 1.165) is 37.1 Å². The summed E-state index contributed by atoms with van der Waals surface area (Å²) >= 11 is 0. The lowest BCUT2D eigenvalue weighted by Crippen LogP contribution is -2.46. The fraction of sp³-hybridized carbons (Fsp3) is 0.524. The summed E-state index contributed by atoms with van der Waals surface area (Å²) in [5.41, 5.74) is 1.23. The molecule has 1 unspecified atom stereocenters. The van der Waals surface area contributed by atoms with E-state index in [4.69, 9.17) is 0 Å². The maximum atomic E-state index is 13.8. The Bertz CT molecular complexity index is 871. The van der Waals surface area contributed by atoms with Gasteiger partial charge in [-0.15, -0.1) is 0 Å². The average molecular weight is 391 g/mol. The number of aliphatic hydroxyl groups excluding tert-OH is 1. The second kappa shape index (κ2) is 7.99. The molecule has 0 radical (unpaired) electrons. The predicted molar refractivity (Wildman–Crippen MR) is 103 cm³/mol. The second-order valence-corrected chi connectivity index (χ2v) is 8.40. The first-order valence-electron chi connectivity index (χ1n) is 9.69. The number of nitrogens with one attached hydrogen (secondary N) is 1. The van der Waals surface area contributed by atoms with E-state index in [1.165, 1.54) is 6.07 Å². The number of aromatic nitrogens is 2. The first kappa shape index (κ1) is 20.5. The summed E-state index contributed by atoms with van der Waals surface area (Å²) in [5.74, 6) is -1.74. The van der Waals surface area contributed by atoms with E-state index in [9.17, 15) is 18.7 Å². The summed E-state index contributed by atoms with van der Waals surface area (Å²) in [4.78, 5) is 17.5. The number of rotatable bonds is 4. The number of carbonyl (C=O) groups excluding carboxylic acids is 1. The quantitative estimate of drug-likeness (QED) is 0.835. The standard InChI is InChI=1S/C21H27F2N3O2/c1-21(2,3)17(12-27)24-20(28)18-16-7-5-4-6-10-26(16)19(25-18)13-8-9-14(22)15(23)11-13/h8-9,11,17,27H,4-7,10,12H2,1-3H3,(H,24,28). The molecule has 5 nitrogen and oxygen atoms in total. The molecule has 1 aromatic carbocycles. The SMILES string of the molecule is CC(C)(C)C(CO)NC(=O)c1nc(-c2ccc(F)c(F)c2)n2c1CCCCC2. The topological polar surface area (TPSA) is 67.2 Å². The second-order valence-electron chi connectivity index (χ2n) is 8.40. The summed E-state index contributed by atoms with van der Waals surface area (Å²) in [6.45, 7) is 6.31. The molecule has 1 aliphatic heterocycles. The Morgan fingerprint density at radius 3 is 2.64 bits per heavy atom. The number of carbonyl (C=O) groups is 1. The van der Waals surface area contributed by atoms with Crippen LogP contribution >= 0.6 is 0 Å². The van der Waals surface area contributed by atoms with E-state index in [2.05, 4.69) is 10.3 Å². The maximum Gasteiger partial charge on any atom is 0.272 e. The van der Waals surface area contributed by atoms with Crippen LogP contribution in [0.3, 0.4) is 0 Å². The first-order chi connectivity index (χ1) is 13.2. The summed E-state index contributed by atoms with van der Waals surface area (Å²) < 4.78 is 29.1. The molecule has 2 N–H and O–H groups in total. The Hall–Kier alpha value is -2.28. The summed E-state index contributed by atoms with van der Waals surface area (Å²) in [6, 6.07) is 3.24. The molecule has 1 aromatic heterocycles. The molecule has 0 saturated heterocycles. The molecule has 0 saturated carbocycles. The fourth-order valence-corrected chi connectivity index (χ4v) is 3.52. The smallest absolute Gasteiger partial charge is 0.272 e. The molecule has 1 amide bonds. The molecule has 0 fully saturated rings. The highest BCUT2D eigenvalue weighted by atomic mass is 19.2. The number of hydrogen-bond donors (Lipinski definition) is 2. The first-order valence-corrected chi connectivity index (χ1v) is 9.69. The highest BCUT2D eigenvalue weighted by molar-refractivity contribution is 5.94. The third-order valence-corrected chi connectivity index (χ3v) is 5.29. The summed E-state index contributed by atoms with van der Waals surface area (Å²) in [5, 5.41) is 12.5. The van der Waals surface area contributed by atoms with Gasteiger partial charge in [0.2, 0.25) is 0 Å². The summed E-state index contributed by atoms with van der Waals surface area (Å²) in [6.07, 6.45) is 3.59. The minimum Gasteiger partial charge on any atom is -0.394 e. The Morgan fingerprint density at radius 2 is 2.00 bits per heavy atom. The molecule has 7 heteroatoms. The number of halogens is 2. The number of hydrogen-bond acceptors (Lipinski definition) is 3. The van der Waals surface area contributed by atoms with Gasteiger partial charge in [-0.05, 0) is 42.9 Å². The zero-order chi connectivity index (χ0) is 20.5. The molecule has 3 rings (SSSR count). The molecule has 28 heavy (non-hydrogen) atoms. The molecule has 2 aromatic rings.